The number of fused-ring (bicyclic) bond motifs is 1. The van der Waals surface area contributed by atoms with Crippen LogP contribution in [0.2, 0.25) is 0 Å². The fourth-order valence-corrected chi connectivity index (χ4v) is 5.45. The van der Waals surface area contributed by atoms with Crippen LogP contribution in [-0.2, 0) is 30.6 Å². The van der Waals surface area contributed by atoms with Gasteiger partial charge in [-0.15, -0.1) is 23.1 Å². The van der Waals surface area contributed by atoms with Gasteiger partial charge in [0, 0.05) is 28.8 Å². The number of nitrogens with two attached hydrogens (primary N) is 1. The molecule has 4 rings (SSSR count). The molecule has 2 amide bonds. The van der Waals surface area contributed by atoms with Gasteiger partial charge >= 0.3 is 35.5 Å². The molecule has 194 valence electrons. The second-order valence-corrected chi connectivity index (χ2v) is 10.6. The molecule has 2 atom stereocenters. The fourth-order valence-electron chi connectivity index (χ4n) is 3.56. The van der Waals surface area contributed by atoms with Gasteiger partial charge in [-0.05, 0) is 13.8 Å². The number of rotatable bonds is 9. The summed E-state index contributed by atoms with van der Waals surface area (Å²) < 4.78 is 1.78. The summed E-state index contributed by atoms with van der Waals surface area (Å²) in [4.78, 5) is 59.6. The standard InChI is InChI=1S/C22H22N6O7S2.Na/c1-22(2,20(33)34)35-26-13(12-10-37-21(23)24-12)16(29)25-14-17(30)28-15(19(31)32)11(9-36-18(14)28)8-27-6-4-3-5-7-27;/h3-7,10,14,18H,8-9H2,1-2H3,(H4-,23,24,25,29,31,32,33,34);/q;+1/b26-13+;/t14-,18-;/m1./s1. The Balaban J connectivity index is 0.00000400. The molecular weight excluding hydrogens is 547 g/mol. The number of β-lactam (4-membered cyclic amide) rings is 1. The number of amides is 2. The van der Waals surface area contributed by atoms with E-state index in [2.05, 4.69) is 15.5 Å². The average Bonchev–Trinajstić information content (AvgIpc) is 3.28. The van der Waals surface area contributed by atoms with Gasteiger partial charge < -0.3 is 30.9 Å². The molecule has 4 N–H and O–H groups in total. The van der Waals surface area contributed by atoms with Crippen molar-refractivity contribution in [2.24, 2.45) is 5.16 Å². The van der Waals surface area contributed by atoms with Crippen LogP contribution < -0.4 is 50.3 Å². The molecule has 4 heterocycles. The molecule has 0 radical (unpaired) electrons. The Labute approximate surface area is 247 Å². The van der Waals surface area contributed by atoms with Crippen LogP contribution in [0.4, 0.5) is 5.13 Å². The molecule has 0 unspecified atom stereocenters. The summed E-state index contributed by atoms with van der Waals surface area (Å²) in [6, 6.07) is 4.36. The molecule has 1 fully saturated rings. The molecule has 16 heteroatoms. The van der Waals surface area contributed by atoms with Crippen LogP contribution in [-0.4, -0.2) is 67.2 Å². The first-order valence-corrected chi connectivity index (χ1v) is 12.8. The number of carboxylic acid groups (broad SMARTS) is 2. The molecule has 2 aromatic heterocycles. The van der Waals surface area contributed by atoms with E-state index in [1.54, 1.807) is 29.1 Å². The number of carboxylic acids is 2. The van der Waals surface area contributed by atoms with Crippen molar-refractivity contribution < 1.29 is 68.4 Å². The van der Waals surface area contributed by atoms with E-state index in [1.165, 1.54) is 31.0 Å². The van der Waals surface area contributed by atoms with E-state index in [0.717, 1.165) is 16.2 Å². The number of oxime groups is 1. The number of pyridine rings is 1. The molecule has 0 aliphatic carbocycles. The van der Waals surface area contributed by atoms with Gasteiger partial charge in [0.1, 0.15) is 17.1 Å². The maximum atomic E-state index is 13.1. The molecule has 0 aromatic carbocycles. The minimum absolute atomic E-state index is 0. The number of nitrogens with zero attached hydrogens (tertiary/aromatic N) is 4. The van der Waals surface area contributed by atoms with E-state index in [9.17, 15) is 29.4 Å². The van der Waals surface area contributed by atoms with Crippen molar-refractivity contribution in [3.63, 3.8) is 0 Å². The Morgan fingerprint density at radius 3 is 2.61 bits per heavy atom. The minimum Gasteiger partial charge on any atom is -0.543 e. The van der Waals surface area contributed by atoms with Crippen LogP contribution in [0.25, 0.3) is 0 Å². The summed E-state index contributed by atoms with van der Waals surface area (Å²) in [5.41, 5.74) is 3.83. The van der Waals surface area contributed by atoms with Gasteiger partial charge in [0.05, 0.1) is 11.7 Å². The molecular formula is C22H22N6NaO7S2+. The van der Waals surface area contributed by atoms with E-state index in [-0.39, 0.29) is 58.3 Å². The number of aromatic nitrogens is 2. The third-order valence-corrected chi connectivity index (χ3v) is 7.55. The van der Waals surface area contributed by atoms with E-state index in [1.807, 2.05) is 6.07 Å². The number of hydrogen-bond donors (Lipinski definition) is 3. The summed E-state index contributed by atoms with van der Waals surface area (Å²) in [6.45, 7) is 2.74. The molecule has 0 saturated carbocycles. The van der Waals surface area contributed by atoms with Crippen LogP contribution in [0.5, 0.6) is 0 Å². The number of thiazole rings is 1. The first-order valence-electron chi connectivity index (χ1n) is 10.8. The number of nitrogens with one attached hydrogen (secondary N) is 1. The summed E-state index contributed by atoms with van der Waals surface area (Å²) in [7, 11) is 0. The molecule has 0 spiro atoms. The Hall–Kier alpha value is -2.98. The zero-order valence-corrected chi connectivity index (χ0v) is 24.2. The van der Waals surface area contributed by atoms with E-state index < -0.39 is 40.8 Å². The topological polar surface area (TPSA) is 191 Å². The third kappa shape index (κ3) is 6.02. The molecule has 1 saturated heterocycles. The van der Waals surface area contributed by atoms with E-state index in [4.69, 9.17) is 10.6 Å². The second kappa shape index (κ2) is 11.8. The van der Waals surface area contributed by atoms with Crippen LogP contribution >= 0.6 is 23.1 Å². The predicted molar refractivity (Wildman–Crippen MR) is 130 cm³/mol. The minimum atomic E-state index is -1.75. The van der Waals surface area contributed by atoms with Crippen LogP contribution in [0.1, 0.15) is 19.5 Å². The average molecular weight is 570 g/mol. The normalized spacial score (nSPS) is 19.2. The first-order chi connectivity index (χ1) is 17.5. The van der Waals surface area contributed by atoms with Gasteiger partial charge in [0.25, 0.3) is 11.8 Å². The number of carbonyl (C=O) groups excluding carboxylic acids is 3. The Bertz CT molecular complexity index is 1330. The van der Waals surface area contributed by atoms with Crippen molar-refractivity contribution in [3.8, 4) is 0 Å². The third-order valence-electron chi connectivity index (χ3n) is 5.54. The number of hydrogen-bond acceptors (Lipinski definition) is 11. The van der Waals surface area contributed by atoms with Gasteiger partial charge in [0.2, 0.25) is 5.60 Å². The van der Waals surface area contributed by atoms with Crippen molar-refractivity contribution in [2.75, 3.05) is 11.5 Å². The second-order valence-electron chi connectivity index (χ2n) is 8.57. The monoisotopic (exact) mass is 569 g/mol. The fraction of sp³-hybridized carbons (Fsp3) is 0.318. The van der Waals surface area contributed by atoms with E-state index >= 15 is 0 Å². The van der Waals surface area contributed by atoms with Crippen molar-refractivity contribution in [2.45, 2.75) is 37.4 Å². The summed E-state index contributed by atoms with van der Waals surface area (Å²) >= 11 is 2.32. The van der Waals surface area contributed by atoms with Gasteiger partial charge in [0.15, 0.2) is 29.8 Å². The van der Waals surface area contributed by atoms with Gasteiger partial charge in [-0.25, -0.2) is 14.3 Å². The Kier molecular flexibility index (Phi) is 9.20. The maximum Gasteiger partial charge on any atom is 1.00 e. The Morgan fingerprint density at radius 2 is 2.03 bits per heavy atom. The van der Waals surface area contributed by atoms with Crippen LogP contribution in [0, 0.1) is 0 Å². The predicted octanol–water partition coefficient (Wildman–Crippen LogP) is -4.30. The van der Waals surface area contributed by atoms with Gasteiger partial charge in [-0.2, -0.15) is 0 Å². The zero-order valence-electron chi connectivity index (χ0n) is 20.6. The molecule has 2 aliphatic heterocycles. The quantitative estimate of drug-likeness (QED) is 0.0875. The van der Waals surface area contributed by atoms with Crippen molar-refractivity contribution in [1.29, 1.82) is 0 Å². The smallest absolute Gasteiger partial charge is 0.543 e. The maximum absolute atomic E-state index is 13.1. The zero-order chi connectivity index (χ0) is 26.9. The van der Waals surface area contributed by atoms with Gasteiger partial charge in [-0.1, -0.05) is 11.2 Å². The van der Waals surface area contributed by atoms with E-state index in [0.29, 0.717) is 11.3 Å². The molecule has 2 aliphatic rings. The number of aliphatic carboxylic acids is 2. The summed E-state index contributed by atoms with van der Waals surface area (Å²) in [6.07, 6.45) is 3.55. The largest absolute Gasteiger partial charge is 1.00 e. The SMILES string of the molecule is CC(C)(O/N=C(/C(=O)N[C@@H]1C(=O)N2C(C(=O)[O-])=C(C[n+]3ccccc3)CS[C@H]12)c1csc(N)n1)C(=O)O.[Na+]. The van der Waals surface area contributed by atoms with Crippen molar-refractivity contribution >= 4 is 57.7 Å². The number of nitrogen functional groups attached to an aromatic ring is 1. The molecule has 2 aromatic rings. The summed E-state index contributed by atoms with van der Waals surface area (Å²) in [5.74, 6) is -4.01. The van der Waals surface area contributed by atoms with Crippen molar-refractivity contribution in [1.82, 2.24) is 15.2 Å². The van der Waals surface area contributed by atoms with Crippen LogP contribution in [0.15, 0.2) is 52.4 Å². The number of thioether (sulfide) groups is 1. The molecule has 13 nitrogen and oxygen atoms in total. The molecule has 0 bridgehead atoms. The Morgan fingerprint density at radius 1 is 1.34 bits per heavy atom. The van der Waals surface area contributed by atoms with Crippen molar-refractivity contribution in [3.05, 3.63) is 52.9 Å². The number of anilines is 1. The number of carbonyl (C=O) groups is 4. The molecule has 38 heavy (non-hydrogen) atoms. The first kappa shape index (κ1) is 29.6. The van der Waals surface area contributed by atoms with Crippen LogP contribution in [0.3, 0.4) is 0 Å². The van der Waals surface area contributed by atoms with Gasteiger partial charge in [-0.3, -0.25) is 14.5 Å². The summed E-state index contributed by atoms with van der Waals surface area (Å²) in [5, 5.41) is 28.4.